The summed E-state index contributed by atoms with van der Waals surface area (Å²) in [6.45, 7) is 3.46. The topological polar surface area (TPSA) is 49.3 Å². The van der Waals surface area contributed by atoms with Crippen LogP contribution in [0.5, 0.6) is 0 Å². The van der Waals surface area contributed by atoms with E-state index < -0.39 is 5.97 Å². The van der Waals surface area contributed by atoms with Crippen LogP contribution >= 0.6 is 11.8 Å². The third-order valence-corrected chi connectivity index (χ3v) is 2.42. The average Bonchev–Trinajstić information content (AvgIpc) is 2.10. The minimum Gasteiger partial charge on any atom is -0.478 e. The van der Waals surface area contributed by atoms with E-state index >= 15 is 0 Å². The van der Waals surface area contributed by atoms with Gasteiger partial charge in [-0.05, 0) is 38.3 Å². The van der Waals surface area contributed by atoms with Crippen molar-refractivity contribution in [2.45, 2.75) is 19.8 Å². The lowest BCUT2D eigenvalue weighted by Crippen LogP contribution is -2.18. The summed E-state index contributed by atoms with van der Waals surface area (Å²) in [6, 6.07) is 0. The first-order valence-electron chi connectivity index (χ1n) is 4.76. The molecule has 14 heavy (non-hydrogen) atoms. The van der Waals surface area contributed by atoms with Crippen LogP contribution in [0.4, 0.5) is 0 Å². The van der Waals surface area contributed by atoms with E-state index in [-0.39, 0.29) is 0 Å². The van der Waals surface area contributed by atoms with Crippen molar-refractivity contribution < 1.29 is 9.90 Å². The zero-order chi connectivity index (χ0) is 10.8. The Hall–Kier alpha value is -0.480. The molecular formula is C10H19NO2S. The van der Waals surface area contributed by atoms with Crippen LogP contribution in [0.1, 0.15) is 19.8 Å². The third kappa shape index (κ3) is 9.61. The molecule has 0 heterocycles. The summed E-state index contributed by atoms with van der Waals surface area (Å²) in [6.07, 6.45) is 5.72. The molecule has 0 aromatic carbocycles. The molecule has 0 aromatic rings. The van der Waals surface area contributed by atoms with Crippen molar-refractivity contribution in [3.63, 3.8) is 0 Å². The first-order chi connectivity index (χ1) is 6.66. The minimum absolute atomic E-state index is 0.672. The number of carboxylic acids is 1. The molecule has 0 aromatic heterocycles. The van der Waals surface area contributed by atoms with Crippen molar-refractivity contribution in [1.82, 2.24) is 5.32 Å². The Morgan fingerprint density at radius 1 is 1.50 bits per heavy atom. The molecule has 0 bridgehead atoms. The lowest BCUT2D eigenvalue weighted by molar-refractivity contribution is -0.131. The number of nitrogens with one attached hydrogen (secondary N) is 1. The summed E-state index contributed by atoms with van der Waals surface area (Å²) >= 11 is 1.86. The van der Waals surface area contributed by atoms with Crippen LogP contribution in [0, 0.1) is 0 Å². The first-order valence-corrected chi connectivity index (χ1v) is 6.16. The Morgan fingerprint density at radius 3 is 2.79 bits per heavy atom. The largest absolute Gasteiger partial charge is 0.478 e. The highest BCUT2D eigenvalue weighted by Gasteiger charge is 1.93. The van der Waals surface area contributed by atoms with E-state index in [1.165, 1.54) is 18.2 Å². The van der Waals surface area contributed by atoms with E-state index in [0.717, 1.165) is 18.5 Å². The molecule has 0 rings (SSSR count). The monoisotopic (exact) mass is 217 g/mol. The van der Waals surface area contributed by atoms with E-state index in [2.05, 4.69) is 11.6 Å². The Bertz CT molecular complexity index is 193. The number of carboxylic acid groups (broad SMARTS) is 1. The van der Waals surface area contributed by atoms with E-state index in [9.17, 15) is 4.79 Å². The van der Waals surface area contributed by atoms with Crippen molar-refractivity contribution in [3.05, 3.63) is 11.6 Å². The fourth-order valence-electron chi connectivity index (χ4n) is 1.04. The minimum atomic E-state index is -0.869. The predicted octanol–water partition coefficient (Wildman–Crippen LogP) is 1.75. The standard InChI is InChI=1S/C10H19NO2S/c1-9(7-10(12)13)8-11-5-3-4-6-14-2/h7,11H,3-6,8H2,1-2H3,(H,12,13). The summed E-state index contributed by atoms with van der Waals surface area (Å²) < 4.78 is 0. The zero-order valence-corrected chi connectivity index (χ0v) is 9.69. The van der Waals surface area contributed by atoms with Gasteiger partial charge in [0.25, 0.3) is 0 Å². The van der Waals surface area contributed by atoms with Gasteiger partial charge in [-0.15, -0.1) is 0 Å². The number of hydrogen-bond donors (Lipinski definition) is 2. The molecule has 2 N–H and O–H groups in total. The van der Waals surface area contributed by atoms with Crippen LogP contribution in [0.25, 0.3) is 0 Å². The van der Waals surface area contributed by atoms with Crippen LogP contribution in [0.2, 0.25) is 0 Å². The summed E-state index contributed by atoms with van der Waals surface area (Å²) in [5.41, 5.74) is 0.863. The molecule has 0 saturated heterocycles. The van der Waals surface area contributed by atoms with Crippen molar-refractivity contribution in [2.24, 2.45) is 0 Å². The van der Waals surface area contributed by atoms with Gasteiger partial charge in [-0.1, -0.05) is 5.57 Å². The molecule has 0 radical (unpaired) electrons. The highest BCUT2D eigenvalue weighted by atomic mass is 32.2. The van der Waals surface area contributed by atoms with Crippen LogP contribution in [-0.4, -0.2) is 36.2 Å². The third-order valence-electron chi connectivity index (χ3n) is 1.73. The Kier molecular flexibility index (Phi) is 8.78. The molecule has 0 amide bonds. The second-order valence-electron chi connectivity index (χ2n) is 3.21. The molecule has 0 aliphatic carbocycles. The number of hydrogen-bond acceptors (Lipinski definition) is 3. The van der Waals surface area contributed by atoms with E-state index in [4.69, 9.17) is 5.11 Å². The molecule has 0 fully saturated rings. The van der Waals surface area contributed by atoms with Gasteiger partial charge in [0.1, 0.15) is 0 Å². The molecule has 0 saturated carbocycles. The fraction of sp³-hybridized carbons (Fsp3) is 0.700. The molecule has 0 atom stereocenters. The lowest BCUT2D eigenvalue weighted by Gasteiger charge is -2.03. The maximum absolute atomic E-state index is 10.3. The Labute approximate surface area is 90.0 Å². The molecular weight excluding hydrogens is 198 g/mol. The van der Waals surface area contributed by atoms with Gasteiger partial charge < -0.3 is 10.4 Å². The van der Waals surface area contributed by atoms with Gasteiger partial charge in [0, 0.05) is 12.6 Å². The average molecular weight is 217 g/mol. The van der Waals surface area contributed by atoms with E-state index in [1.54, 1.807) is 0 Å². The number of rotatable bonds is 8. The molecule has 82 valence electrons. The van der Waals surface area contributed by atoms with Gasteiger partial charge in [-0.2, -0.15) is 11.8 Å². The quantitative estimate of drug-likeness (QED) is 0.480. The maximum Gasteiger partial charge on any atom is 0.328 e. The Morgan fingerprint density at radius 2 is 2.21 bits per heavy atom. The SMILES string of the molecule is CSCCCCNCC(C)=CC(=O)O. The zero-order valence-electron chi connectivity index (χ0n) is 8.88. The Balaban J connectivity index is 3.31. The predicted molar refractivity (Wildman–Crippen MR) is 61.9 cm³/mol. The first kappa shape index (κ1) is 13.5. The van der Waals surface area contributed by atoms with E-state index in [1.807, 2.05) is 18.7 Å². The van der Waals surface area contributed by atoms with Crippen molar-refractivity contribution in [1.29, 1.82) is 0 Å². The second kappa shape index (κ2) is 9.09. The highest BCUT2D eigenvalue weighted by Crippen LogP contribution is 1.98. The van der Waals surface area contributed by atoms with Gasteiger partial charge in [-0.3, -0.25) is 0 Å². The summed E-state index contributed by atoms with van der Waals surface area (Å²) in [7, 11) is 0. The van der Waals surface area contributed by atoms with Gasteiger partial charge in [0.15, 0.2) is 0 Å². The number of thioether (sulfide) groups is 1. The van der Waals surface area contributed by atoms with Crippen LogP contribution in [0.3, 0.4) is 0 Å². The molecule has 3 nitrogen and oxygen atoms in total. The molecule has 0 spiro atoms. The van der Waals surface area contributed by atoms with Crippen LogP contribution in [-0.2, 0) is 4.79 Å². The highest BCUT2D eigenvalue weighted by molar-refractivity contribution is 7.98. The summed E-state index contributed by atoms with van der Waals surface area (Å²) in [5, 5.41) is 11.7. The van der Waals surface area contributed by atoms with Crippen LogP contribution in [0.15, 0.2) is 11.6 Å². The van der Waals surface area contributed by atoms with Crippen molar-refractivity contribution >= 4 is 17.7 Å². The number of aliphatic carboxylic acids is 1. The number of unbranched alkanes of at least 4 members (excludes halogenated alkanes) is 1. The summed E-state index contributed by atoms with van der Waals surface area (Å²) in [4.78, 5) is 10.3. The van der Waals surface area contributed by atoms with Crippen molar-refractivity contribution in [2.75, 3.05) is 25.1 Å². The number of carbonyl (C=O) groups is 1. The molecule has 0 aliphatic heterocycles. The second-order valence-corrected chi connectivity index (χ2v) is 4.19. The molecule has 0 unspecified atom stereocenters. The molecule has 0 aliphatic rings. The van der Waals surface area contributed by atoms with Gasteiger partial charge in [0.05, 0.1) is 0 Å². The van der Waals surface area contributed by atoms with E-state index in [0.29, 0.717) is 6.54 Å². The fourth-order valence-corrected chi connectivity index (χ4v) is 1.54. The smallest absolute Gasteiger partial charge is 0.328 e. The van der Waals surface area contributed by atoms with Gasteiger partial charge >= 0.3 is 5.97 Å². The van der Waals surface area contributed by atoms with Gasteiger partial charge in [-0.25, -0.2) is 4.79 Å². The van der Waals surface area contributed by atoms with Gasteiger partial charge in [0.2, 0.25) is 0 Å². The summed E-state index contributed by atoms with van der Waals surface area (Å²) in [5.74, 6) is 0.331. The molecule has 4 heteroatoms. The maximum atomic E-state index is 10.3. The normalized spacial score (nSPS) is 11.7. The lowest BCUT2D eigenvalue weighted by atomic mass is 10.2. The van der Waals surface area contributed by atoms with Crippen molar-refractivity contribution in [3.8, 4) is 0 Å². The van der Waals surface area contributed by atoms with Crippen LogP contribution < -0.4 is 5.32 Å².